The van der Waals surface area contributed by atoms with Gasteiger partial charge in [0, 0.05) is 23.7 Å². The average molecular weight is 498 g/mol. The summed E-state index contributed by atoms with van der Waals surface area (Å²) in [5.74, 6) is -0.653. The van der Waals surface area contributed by atoms with Crippen LogP contribution in [0.4, 0.5) is 13.2 Å². The maximum absolute atomic E-state index is 13.4. The van der Waals surface area contributed by atoms with Crippen LogP contribution in [0.25, 0.3) is 0 Å². The van der Waals surface area contributed by atoms with Crippen LogP contribution >= 0.6 is 11.3 Å². The zero-order valence-corrected chi connectivity index (χ0v) is 20.4. The molecule has 186 valence electrons. The minimum atomic E-state index is -4.58. The van der Waals surface area contributed by atoms with Crippen molar-refractivity contribution in [2.75, 3.05) is 19.8 Å². The van der Waals surface area contributed by atoms with Gasteiger partial charge in [-0.3, -0.25) is 4.79 Å². The fourth-order valence-corrected chi connectivity index (χ4v) is 4.84. The Balaban J connectivity index is 1.70. The monoisotopic (exact) mass is 497 g/mol. The second-order valence-corrected chi connectivity index (χ2v) is 10.8. The smallest absolute Gasteiger partial charge is 0.416 e. The zero-order chi connectivity index (χ0) is 24.5. The molecule has 2 aliphatic rings. The number of hydrogen-bond donors (Lipinski definition) is 1. The lowest BCUT2D eigenvalue weighted by Gasteiger charge is -2.27. The van der Waals surface area contributed by atoms with Crippen molar-refractivity contribution in [1.29, 1.82) is 0 Å². The van der Waals surface area contributed by atoms with Gasteiger partial charge in [0.25, 0.3) is 5.91 Å². The molecule has 1 amide bonds. The van der Waals surface area contributed by atoms with Crippen LogP contribution in [0.2, 0.25) is 0 Å². The van der Waals surface area contributed by atoms with E-state index in [0.29, 0.717) is 18.0 Å². The number of carbonyl (C=O) groups is 1. The van der Waals surface area contributed by atoms with E-state index in [9.17, 15) is 18.0 Å². The van der Waals surface area contributed by atoms with Crippen molar-refractivity contribution in [2.45, 2.75) is 70.3 Å². The molecule has 3 heterocycles. The maximum atomic E-state index is 13.4. The number of rotatable bonds is 6. The van der Waals surface area contributed by atoms with Gasteiger partial charge >= 0.3 is 6.18 Å². The van der Waals surface area contributed by atoms with Gasteiger partial charge in [0.05, 0.1) is 23.8 Å². The Morgan fingerprint density at radius 2 is 2.06 bits per heavy atom. The number of aromatic nitrogens is 1. The minimum Gasteiger partial charge on any atom is -0.491 e. The Morgan fingerprint density at radius 1 is 1.29 bits per heavy atom. The van der Waals surface area contributed by atoms with Crippen LogP contribution in [-0.2, 0) is 22.9 Å². The fraction of sp³-hybridized carbons (Fsp3) is 0.583. The highest BCUT2D eigenvalue weighted by molar-refractivity contribution is 7.09. The third-order valence-corrected chi connectivity index (χ3v) is 7.43. The van der Waals surface area contributed by atoms with Crippen LogP contribution in [0.1, 0.15) is 60.8 Å². The molecule has 2 saturated heterocycles. The molecule has 1 aromatic heterocycles. The Morgan fingerprint density at radius 3 is 2.65 bits per heavy atom. The second-order valence-electron chi connectivity index (χ2n) is 9.79. The number of hydrogen-bond acceptors (Lipinski definition) is 5. The highest BCUT2D eigenvalue weighted by Gasteiger charge is 2.32. The Hall–Kier alpha value is -2.17. The first-order chi connectivity index (χ1) is 16.0. The molecule has 6 nitrogen and oxygen atoms in total. The van der Waals surface area contributed by atoms with E-state index in [2.05, 4.69) is 31.1 Å². The third kappa shape index (κ3) is 5.90. The Labute approximate surface area is 200 Å². The van der Waals surface area contributed by atoms with Crippen molar-refractivity contribution in [3.05, 3.63) is 45.2 Å². The van der Waals surface area contributed by atoms with E-state index in [0.717, 1.165) is 42.8 Å². The van der Waals surface area contributed by atoms with Crippen molar-refractivity contribution in [1.82, 2.24) is 9.88 Å². The van der Waals surface area contributed by atoms with E-state index in [1.165, 1.54) is 17.4 Å². The van der Waals surface area contributed by atoms with E-state index >= 15 is 0 Å². The molecule has 0 spiro atoms. The van der Waals surface area contributed by atoms with Gasteiger partial charge in [-0.1, -0.05) is 20.8 Å². The molecule has 2 aromatic rings. The average Bonchev–Trinajstić information content (AvgIpc) is 3.36. The summed E-state index contributed by atoms with van der Waals surface area (Å²) in [4.78, 5) is 19.0. The summed E-state index contributed by atoms with van der Waals surface area (Å²) in [5, 5.41) is 3.17. The van der Waals surface area contributed by atoms with Gasteiger partial charge in [-0.2, -0.15) is 18.2 Å². The predicted molar refractivity (Wildman–Crippen MR) is 123 cm³/mol. The summed E-state index contributed by atoms with van der Waals surface area (Å²) in [7, 11) is 0. The minimum absolute atomic E-state index is 0.0268. The molecular formula is C24H30F3N3O3S. The quantitative estimate of drug-likeness (QED) is 0.637. The molecule has 10 heteroatoms. The predicted octanol–water partition coefficient (Wildman–Crippen LogP) is 4.53. The number of amides is 1. The topological polar surface area (TPSA) is 64.9 Å². The molecule has 1 aromatic carbocycles. The van der Waals surface area contributed by atoms with Gasteiger partial charge in [-0.25, -0.2) is 0 Å². The molecule has 0 radical (unpaired) electrons. The lowest BCUT2D eigenvalue weighted by Crippen LogP contribution is -2.46. The molecule has 0 aliphatic carbocycles. The SMILES string of the molecule is CC(C)(C)c1cn(C[C@H]2CCCO2)/c(=N/C(=O)c2cc(C(F)(F)F)ccc2OC[C@H]2CCN2)s1. The van der Waals surface area contributed by atoms with E-state index in [4.69, 9.17) is 9.47 Å². The standard InChI is InChI=1S/C24H30F3N3O3S/c1-23(2,3)20-13-30(12-17-5-4-10-32-17)22(34-20)29-21(31)18-11-15(24(25,26)27)6-7-19(18)33-14-16-8-9-28-16/h6-7,11,13,16-17,28H,4-5,8-10,12,14H2,1-3H3/b29-22-/t16-,17-/m1/s1. The van der Waals surface area contributed by atoms with Gasteiger partial charge in [-0.05, 0) is 49.4 Å². The van der Waals surface area contributed by atoms with Crippen molar-refractivity contribution in [3.63, 3.8) is 0 Å². The van der Waals surface area contributed by atoms with Crippen LogP contribution in [-0.4, -0.2) is 42.4 Å². The number of nitrogens with zero attached hydrogens (tertiary/aromatic N) is 2. The van der Waals surface area contributed by atoms with Gasteiger partial charge < -0.3 is 19.4 Å². The van der Waals surface area contributed by atoms with Crippen LogP contribution in [0.3, 0.4) is 0 Å². The normalized spacial score (nSPS) is 21.5. The molecule has 2 atom stereocenters. The fourth-order valence-electron chi connectivity index (χ4n) is 3.78. The number of thiazole rings is 1. The number of benzene rings is 1. The summed E-state index contributed by atoms with van der Waals surface area (Å²) >= 11 is 1.37. The van der Waals surface area contributed by atoms with Crippen molar-refractivity contribution in [2.24, 2.45) is 4.99 Å². The lowest BCUT2D eigenvalue weighted by molar-refractivity contribution is -0.137. The molecule has 2 fully saturated rings. The number of alkyl halides is 3. The Bertz CT molecular complexity index is 1090. The lowest BCUT2D eigenvalue weighted by atomic mass is 9.95. The molecule has 0 saturated carbocycles. The maximum Gasteiger partial charge on any atom is 0.416 e. The summed E-state index contributed by atoms with van der Waals surface area (Å²) in [6.07, 6.45) is 0.228. The second kappa shape index (κ2) is 9.83. The van der Waals surface area contributed by atoms with E-state index < -0.39 is 17.6 Å². The van der Waals surface area contributed by atoms with Crippen LogP contribution in [0, 0.1) is 0 Å². The number of halogens is 3. The summed E-state index contributed by atoms with van der Waals surface area (Å²) in [6.45, 7) is 8.58. The highest BCUT2D eigenvalue weighted by Crippen LogP contribution is 2.33. The molecule has 4 rings (SSSR count). The number of ether oxygens (including phenoxy) is 2. The number of nitrogens with one attached hydrogen (secondary N) is 1. The molecule has 1 N–H and O–H groups in total. The van der Waals surface area contributed by atoms with Crippen molar-refractivity contribution >= 4 is 17.2 Å². The van der Waals surface area contributed by atoms with Crippen LogP contribution < -0.4 is 14.9 Å². The highest BCUT2D eigenvalue weighted by atomic mass is 32.1. The van der Waals surface area contributed by atoms with Crippen molar-refractivity contribution in [3.8, 4) is 5.75 Å². The molecular weight excluding hydrogens is 467 g/mol. The van der Waals surface area contributed by atoms with Crippen molar-refractivity contribution < 1.29 is 27.4 Å². The zero-order valence-electron chi connectivity index (χ0n) is 19.6. The summed E-state index contributed by atoms with van der Waals surface area (Å²) in [6, 6.07) is 3.10. The first-order valence-electron chi connectivity index (χ1n) is 11.5. The molecule has 34 heavy (non-hydrogen) atoms. The van der Waals surface area contributed by atoms with Gasteiger partial charge in [-0.15, -0.1) is 11.3 Å². The molecule has 2 aliphatic heterocycles. The van der Waals surface area contributed by atoms with Crippen LogP contribution in [0.15, 0.2) is 29.4 Å². The summed E-state index contributed by atoms with van der Waals surface area (Å²) in [5.41, 5.74) is -1.27. The van der Waals surface area contributed by atoms with E-state index in [1.807, 2.05) is 10.8 Å². The summed E-state index contributed by atoms with van der Waals surface area (Å²) < 4.78 is 53.5. The van der Waals surface area contributed by atoms with Crippen LogP contribution in [0.5, 0.6) is 5.75 Å². The first kappa shape index (κ1) is 24.9. The Kier molecular flexibility index (Phi) is 7.21. The van der Waals surface area contributed by atoms with E-state index in [-0.39, 0.29) is 35.5 Å². The largest absolute Gasteiger partial charge is 0.491 e. The molecule has 0 bridgehead atoms. The van der Waals surface area contributed by atoms with E-state index in [1.54, 1.807) is 0 Å². The van der Waals surface area contributed by atoms with Gasteiger partial charge in [0.15, 0.2) is 4.80 Å². The number of carbonyl (C=O) groups excluding carboxylic acids is 1. The van der Waals surface area contributed by atoms with Gasteiger partial charge in [0.2, 0.25) is 0 Å². The molecule has 0 unspecified atom stereocenters. The first-order valence-corrected chi connectivity index (χ1v) is 12.3. The van der Waals surface area contributed by atoms with Gasteiger partial charge in [0.1, 0.15) is 12.4 Å². The third-order valence-electron chi connectivity index (χ3n) is 5.98.